The Labute approximate surface area is 137 Å². The van der Waals surface area contributed by atoms with Crippen LogP contribution in [0.15, 0.2) is 10.2 Å². The summed E-state index contributed by atoms with van der Waals surface area (Å²) in [6, 6.07) is -0.0390. The highest BCUT2D eigenvalue weighted by atomic mass is 16.4. The van der Waals surface area contributed by atoms with Gasteiger partial charge in [-0.15, -0.1) is 12.3 Å². The summed E-state index contributed by atoms with van der Waals surface area (Å²) in [5.41, 5.74) is -0.731. The van der Waals surface area contributed by atoms with Gasteiger partial charge in [-0.25, -0.2) is 0 Å². The van der Waals surface area contributed by atoms with Crippen molar-refractivity contribution in [2.75, 3.05) is 0 Å². The lowest BCUT2D eigenvalue weighted by Gasteiger charge is -2.52. The summed E-state index contributed by atoms with van der Waals surface area (Å²) in [5.74, 6) is 1.63. The van der Waals surface area contributed by atoms with E-state index in [1.165, 1.54) is 0 Å². The number of terminal acetylenes is 1. The third-order valence-electron chi connectivity index (χ3n) is 5.44. The second kappa shape index (κ2) is 6.31. The number of carbonyl (C=O) groups excluding carboxylic acids is 1. The topological polar surface area (TPSA) is 91.1 Å². The smallest absolute Gasteiger partial charge is 0.307 e. The Balaban J connectivity index is 1.76. The van der Waals surface area contributed by atoms with Crippen LogP contribution in [0.3, 0.4) is 0 Å². The van der Waals surface area contributed by atoms with Crippen LogP contribution >= 0.6 is 0 Å². The first kappa shape index (κ1) is 17.5. The van der Waals surface area contributed by atoms with E-state index in [4.69, 9.17) is 6.42 Å². The lowest BCUT2D eigenvalue weighted by Crippen LogP contribution is -2.56. The summed E-state index contributed by atoms with van der Waals surface area (Å²) in [5, 5.41) is 20.2. The van der Waals surface area contributed by atoms with E-state index < -0.39 is 11.6 Å². The normalized spacial score (nSPS) is 27.4. The molecule has 3 atom stereocenters. The first-order chi connectivity index (χ1) is 10.7. The molecule has 1 heterocycles. The summed E-state index contributed by atoms with van der Waals surface area (Å²) in [7, 11) is 0. The number of amides is 1. The molecule has 126 valence electrons. The molecule has 1 amide bonds. The number of nitrogens with zero attached hydrogens (tertiary/aromatic N) is 2. The van der Waals surface area contributed by atoms with E-state index in [0.29, 0.717) is 32.1 Å². The minimum Gasteiger partial charge on any atom is -0.481 e. The highest BCUT2D eigenvalue weighted by Gasteiger charge is 2.54. The van der Waals surface area contributed by atoms with Crippen LogP contribution in [0.5, 0.6) is 0 Å². The van der Waals surface area contributed by atoms with Gasteiger partial charge >= 0.3 is 5.97 Å². The molecule has 23 heavy (non-hydrogen) atoms. The summed E-state index contributed by atoms with van der Waals surface area (Å²) in [6.07, 6.45) is 8.10. The zero-order valence-electron chi connectivity index (χ0n) is 14.0. The van der Waals surface area contributed by atoms with Gasteiger partial charge in [0.2, 0.25) is 5.91 Å². The van der Waals surface area contributed by atoms with Crippen molar-refractivity contribution in [2.45, 2.75) is 64.6 Å². The average Bonchev–Trinajstić information content (AvgIpc) is 3.22. The van der Waals surface area contributed by atoms with Gasteiger partial charge in [-0.3, -0.25) is 9.59 Å². The SMILES string of the molecule is C#CCCC1(CCC(=O)NC(C)[C@@H]2C[C@H](C(=O)O)C2(C)C)N=N1. The molecule has 0 aromatic heterocycles. The third kappa shape index (κ3) is 3.72. The second-order valence-electron chi connectivity index (χ2n) is 7.30. The fourth-order valence-corrected chi connectivity index (χ4v) is 3.64. The maximum Gasteiger partial charge on any atom is 0.307 e. The number of carboxylic acid groups (broad SMARTS) is 1. The van der Waals surface area contributed by atoms with Crippen molar-refractivity contribution in [1.29, 1.82) is 0 Å². The number of hydrogen-bond donors (Lipinski definition) is 2. The molecule has 1 aliphatic heterocycles. The maximum absolute atomic E-state index is 12.1. The molecule has 0 bridgehead atoms. The minimum absolute atomic E-state index is 0.0375. The van der Waals surface area contributed by atoms with Crippen molar-refractivity contribution in [3.63, 3.8) is 0 Å². The number of carbonyl (C=O) groups is 2. The number of rotatable bonds is 8. The van der Waals surface area contributed by atoms with Crippen LogP contribution in [0.25, 0.3) is 0 Å². The summed E-state index contributed by atoms with van der Waals surface area (Å²) < 4.78 is 0. The Kier molecular flexibility index (Phi) is 4.79. The van der Waals surface area contributed by atoms with Crippen LogP contribution < -0.4 is 5.32 Å². The Hall–Kier alpha value is -1.90. The van der Waals surface area contributed by atoms with E-state index in [-0.39, 0.29) is 29.2 Å². The van der Waals surface area contributed by atoms with Crippen LogP contribution in [-0.2, 0) is 9.59 Å². The van der Waals surface area contributed by atoms with E-state index in [1.807, 2.05) is 20.8 Å². The van der Waals surface area contributed by atoms with Gasteiger partial charge < -0.3 is 10.4 Å². The largest absolute Gasteiger partial charge is 0.481 e. The van der Waals surface area contributed by atoms with Gasteiger partial charge in [0.05, 0.1) is 5.92 Å². The number of nitrogens with one attached hydrogen (secondary N) is 1. The van der Waals surface area contributed by atoms with E-state index in [1.54, 1.807) is 0 Å². The molecule has 0 aromatic rings. The summed E-state index contributed by atoms with van der Waals surface area (Å²) >= 11 is 0. The highest BCUT2D eigenvalue weighted by molar-refractivity contribution is 5.76. The Morgan fingerprint density at radius 1 is 1.39 bits per heavy atom. The maximum atomic E-state index is 12.1. The van der Waals surface area contributed by atoms with Gasteiger partial charge in [0.25, 0.3) is 0 Å². The first-order valence-electron chi connectivity index (χ1n) is 8.11. The van der Waals surface area contributed by atoms with Gasteiger partial charge in [-0.05, 0) is 24.7 Å². The molecule has 1 unspecified atom stereocenters. The zero-order valence-corrected chi connectivity index (χ0v) is 14.0. The molecule has 2 rings (SSSR count). The fraction of sp³-hybridized carbons (Fsp3) is 0.765. The molecule has 6 nitrogen and oxygen atoms in total. The zero-order chi connectivity index (χ0) is 17.3. The van der Waals surface area contributed by atoms with E-state index in [9.17, 15) is 14.7 Å². The van der Waals surface area contributed by atoms with E-state index >= 15 is 0 Å². The lowest BCUT2D eigenvalue weighted by atomic mass is 9.52. The van der Waals surface area contributed by atoms with Crippen LogP contribution in [0.1, 0.15) is 52.9 Å². The van der Waals surface area contributed by atoms with Crippen molar-refractivity contribution < 1.29 is 14.7 Å². The van der Waals surface area contributed by atoms with Crippen LogP contribution in [0, 0.1) is 29.6 Å². The van der Waals surface area contributed by atoms with Gasteiger partial charge in [0, 0.05) is 31.7 Å². The molecule has 2 aliphatic rings. The van der Waals surface area contributed by atoms with E-state index in [2.05, 4.69) is 21.5 Å². The molecule has 1 saturated carbocycles. The molecule has 1 fully saturated rings. The fourth-order valence-electron chi connectivity index (χ4n) is 3.64. The van der Waals surface area contributed by atoms with Crippen LogP contribution in [-0.4, -0.2) is 28.7 Å². The number of carboxylic acids is 1. The molecular formula is C17H25N3O3. The minimum atomic E-state index is -0.753. The van der Waals surface area contributed by atoms with Crippen molar-refractivity contribution in [3.05, 3.63) is 0 Å². The molecule has 6 heteroatoms. The quantitative estimate of drug-likeness (QED) is 0.674. The van der Waals surface area contributed by atoms with Crippen molar-refractivity contribution in [1.82, 2.24) is 5.32 Å². The molecule has 2 N–H and O–H groups in total. The highest BCUT2D eigenvalue weighted by Crippen LogP contribution is 2.52. The van der Waals surface area contributed by atoms with Gasteiger partial charge in [0.15, 0.2) is 5.66 Å². The molecule has 0 radical (unpaired) electrons. The number of aliphatic carboxylic acids is 1. The van der Waals surface area contributed by atoms with Crippen molar-refractivity contribution >= 4 is 11.9 Å². The van der Waals surface area contributed by atoms with Crippen LogP contribution in [0.2, 0.25) is 0 Å². The third-order valence-corrected chi connectivity index (χ3v) is 5.44. The Bertz CT molecular complexity index is 556. The molecular weight excluding hydrogens is 294 g/mol. The van der Waals surface area contributed by atoms with Gasteiger partial charge in [0.1, 0.15) is 0 Å². The molecule has 0 spiro atoms. The Morgan fingerprint density at radius 2 is 2.04 bits per heavy atom. The first-order valence-corrected chi connectivity index (χ1v) is 8.11. The monoisotopic (exact) mass is 319 g/mol. The van der Waals surface area contributed by atoms with Crippen LogP contribution in [0.4, 0.5) is 0 Å². The van der Waals surface area contributed by atoms with Crippen molar-refractivity contribution in [2.24, 2.45) is 27.5 Å². The predicted molar refractivity (Wildman–Crippen MR) is 85.5 cm³/mol. The van der Waals surface area contributed by atoms with Gasteiger partial charge in [-0.2, -0.15) is 10.2 Å². The van der Waals surface area contributed by atoms with Crippen molar-refractivity contribution in [3.8, 4) is 12.3 Å². The molecule has 0 aromatic carbocycles. The summed E-state index contributed by atoms with van der Waals surface area (Å²) in [4.78, 5) is 23.3. The standard InChI is InChI=1S/C17H25N3O3/c1-5-6-8-17(19-20-17)9-7-14(21)18-11(2)12-10-13(15(22)23)16(12,3)4/h1,11-13H,6-10H2,2-4H3,(H,18,21)(H,22,23)/t11?,12-,13+/m0/s1. The second-order valence-corrected chi connectivity index (χ2v) is 7.30. The number of hydrogen-bond acceptors (Lipinski definition) is 4. The average molecular weight is 319 g/mol. The van der Waals surface area contributed by atoms with Gasteiger partial charge in [-0.1, -0.05) is 13.8 Å². The van der Waals surface area contributed by atoms with E-state index in [0.717, 1.165) is 0 Å². The lowest BCUT2D eigenvalue weighted by molar-refractivity contribution is -0.160. The summed E-state index contributed by atoms with van der Waals surface area (Å²) in [6.45, 7) is 5.86. The molecule has 0 saturated heterocycles. The Morgan fingerprint density at radius 3 is 2.52 bits per heavy atom. The molecule has 1 aliphatic carbocycles. The predicted octanol–water partition coefficient (Wildman–Crippen LogP) is 2.59.